The number of halogens is 1. The number of nitrogens with zero attached hydrogens (tertiary/aromatic N) is 1. The van der Waals surface area contributed by atoms with Crippen LogP contribution in [0.2, 0.25) is 5.02 Å². The smallest absolute Gasteiger partial charge is 0.271 e. The number of benzene rings is 3. The number of hydrazone groups is 1. The summed E-state index contributed by atoms with van der Waals surface area (Å²) < 4.78 is 16.3. The minimum absolute atomic E-state index is 0.316. The summed E-state index contributed by atoms with van der Waals surface area (Å²) in [4.78, 5) is 12.1. The molecule has 30 heavy (non-hydrogen) atoms. The van der Waals surface area contributed by atoms with Crippen molar-refractivity contribution in [2.45, 2.75) is 6.61 Å². The molecule has 1 N–H and O–H groups in total. The number of amides is 1. The molecule has 3 aromatic rings. The number of methoxy groups -OCH3 is 2. The van der Waals surface area contributed by atoms with Gasteiger partial charge in [-0.15, -0.1) is 0 Å². The average molecular weight is 425 g/mol. The maximum absolute atomic E-state index is 12.1. The van der Waals surface area contributed by atoms with Crippen molar-refractivity contribution in [1.29, 1.82) is 0 Å². The molecule has 3 aromatic carbocycles. The lowest BCUT2D eigenvalue weighted by molar-refractivity contribution is 0.0955. The van der Waals surface area contributed by atoms with Crippen molar-refractivity contribution >= 4 is 23.7 Å². The SMILES string of the molecule is COc1ccc(C(=O)N/N=C\c2ccc(OCc3ccc(Cl)cc3)c(OC)c2)cc1. The normalized spacial score (nSPS) is 10.6. The number of hydrogen-bond donors (Lipinski definition) is 1. The van der Waals surface area contributed by atoms with Gasteiger partial charge in [-0.3, -0.25) is 4.79 Å². The van der Waals surface area contributed by atoms with Gasteiger partial charge in [-0.25, -0.2) is 5.43 Å². The Balaban J connectivity index is 1.60. The summed E-state index contributed by atoms with van der Waals surface area (Å²) in [5.41, 5.74) is 4.72. The molecule has 0 aliphatic heterocycles. The topological polar surface area (TPSA) is 69.2 Å². The lowest BCUT2D eigenvalue weighted by atomic mass is 10.2. The molecule has 6 nitrogen and oxygen atoms in total. The van der Waals surface area contributed by atoms with Crippen LogP contribution in [0.25, 0.3) is 0 Å². The van der Waals surface area contributed by atoms with Crippen LogP contribution in [0.1, 0.15) is 21.5 Å². The summed E-state index contributed by atoms with van der Waals surface area (Å²) in [6.07, 6.45) is 1.53. The Morgan fingerprint density at radius 2 is 1.70 bits per heavy atom. The first-order valence-corrected chi connectivity index (χ1v) is 9.49. The van der Waals surface area contributed by atoms with Crippen LogP contribution >= 0.6 is 11.6 Å². The van der Waals surface area contributed by atoms with Crippen LogP contribution in [-0.4, -0.2) is 26.3 Å². The zero-order valence-electron chi connectivity index (χ0n) is 16.6. The molecule has 0 bridgehead atoms. The molecule has 0 radical (unpaired) electrons. The molecule has 154 valence electrons. The fourth-order valence-corrected chi connectivity index (χ4v) is 2.72. The van der Waals surface area contributed by atoms with Gasteiger partial charge < -0.3 is 14.2 Å². The maximum Gasteiger partial charge on any atom is 0.271 e. The Bertz CT molecular complexity index is 1020. The van der Waals surface area contributed by atoms with E-state index in [1.165, 1.54) is 6.21 Å². The van der Waals surface area contributed by atoms with E-state index in [0.717, 1.165) is 11.1 Å². The third kappa shape index (κ3) is 5.75. The second-order valence-electron chi connectivity index (χ2n) is 6.25. The highest BCUT2D eigenvalue weighted by Crippen LogP contribution is 2.28. The maximum atomic E-state index is 12.1. The van der Waals surface area contributed by atoms with Gasteiger partial charge in [-0.1, -0.05) is 23.7 Å². The zero-order chi connectivity index (χ0) is 21.3. The van der Waals surface area contributed by atoms with E-state index in [2.05, 4.69) is 10.5 Å². The fourth-order valence-electron chi connectivity index (χ4n) is 2.60. The number of carbonyl (C=O) groups is 1. The van der Waals surface area contributed by atoms with Crippen molar-refractivity contribution in [3.8, 4) is 17.2 Å². The number of nitrogens with one attached hydrogen (secondary N) is 1. The van der Waals surface area contributed by atoms with Crippen LogP contribution in [-0.2, 0) is 6.61 Å². The van der Waals surface area contributed by atoms with Crippen molar-refractivity contribution in [2.75, 3.05) is 14.2 Å². The summed E-state index contributed by atoms with van der Waals surface area (Å²) in [5, 5.41) is 4.68. The quantitative estimate of drug-likeness (QED) is 0.420. The Kier molecular flexibility index (Phi) is 7.29. The minimum Gasteiger partial charge on any atom is -0.497 e. The summed E-state index contributed by atoms with van der Waals surface area (Å²) >= 11 is 5.90. The molecule has 3 rings (SSSR count). The minimum atomic E-state index is -0.316. The van der Waals surface area contributed by atoms with Gasteiger partial charge in [0, 0.05) is 10.6 Å². The van der Waals surface area contributed by atoms with Crippen molar-refractivity contribution < 1.29 is 19.0 Å². The standard InChI is InChI=1S/C23H21ClN2O4/c1-28-20-10-6-18(7-11-20)23(27)26-25-14-17-5-12-21(22(13-17)29-2)30-15-16-3-8-19(24)9-4-16/h3-14H,15H2,1-2H3,(H,26,27)/b25-14-. The Morgan fingerprint density at radius 1 is 0.967 bits per heavy atom. The molecule has 0 aromatic heterocycles. The van der Waals surface area contributed by atoms with Gasteiger partial charge in [0.1, 0.15) is 12.4 Å². The third-order valence-electron chi connectivity index (χ3n) is 4.23. The third-order valence-corrected chi connectivity index (χ3v) is 4.48. The molecule has 0 aliphatic rings. The highest BCUT2D eigenvalue weighted by atomic mass is 35.5. The molecule has 1 amide bonds. The molecular weight excluding hydrogens is 404 g/mol. The van der Waals surface area contributed by atoms with E-state index in [0.29, 0.717) is 34.4 Å². The summed E-state index contributed by atoms with van der Waals surface area (Å²) in [7, 11) is 3.14. The highest BCUT2D eigenvalue weighted by molar-refractivity contribution is 6.30. The van der Waals surface area contributed by atoms with Gasteiger partial charge in [-0.05, 0) is 65.7 Å². The van der Waals surface area contributed by atoms with Gasteiger partial charge in [0.2, 0.25) is 0 Å². The van der Waals surface area contributed by atoms with Crippen molar-refractivity contribution in [1.82, 2.24) is 5.43 Å². The van der Waals surface area contributed by atoms with E-state index >= 15 is 0 Å². The van der Waals surface area contributed by atoms with E-state index < -0.39 is 0 Å². The first-order valence-electron chi connectivity index (χ1n) is 9.12. The van der Waals surface area contributed by atoms with E-state index in [-0.39, 0.29) is 5.91 Å². The predicted octanol–water partition coefficient (Wildman–Crippen LogP) is 4.70. The van der Waals surface area contributed by atoms with Crippen molar-refractivity contribution in [3.05, 3.63) is 88.4 Å². The molecule has 0 heterocycles. The Labute approximate surface area is 180 Å². The molecule has 7 heteroatoms. The van der Waals surface area contributed by atoms with Crippen LogP contribution in [0.3, 0.4) is 0 Å². The second-order valence-corrected chi connectivity index (χ2v) is 6.69. The lowest BCUT2D eigenvalue weighted by Crippen LogP contribution is -2.17. The van der Waals surface area contributed by atoms with Gasteiger partial charge in [0.15, 0.2) is 11.5 Å². The average Bonchev–Trinajstić information content (AvgIpc) is 2.79. The first kappa shape index (κ1) is 21.2. The van der Waals surface area contributed by atoms with Gasteiger partial charge in [0.25, 0.3) is 5.91 Å². The van der Waals surface area contributed by atoms with E-state index in [9.17, 15) is 4.79 Å². The predicted molar refractivity (Wildman–Crippen MR) is 117 cm³/mol. The van der Waals surface area contributed by atoms with E-state index in [1.54, 1.807) is 50.6 Å². The second kappa shape index (κ2) is 10.3. The summed E-state index contributed by atoms with van der Waals surface area (Å²) in [6.45, 7) is 0.388. The van der Waals surface area contributed by atoms with Gasteiger partial charge in [0.05, 0.1) is 20.4 Å². The molecule has 0 atom stereocenters. The van der Waals surface area contributed by atoms with Crippen molar-refractivity contribution in [3.63, 3.8) is 0 Å². The van der Waals surface area contributed by atoms with Crippen LogP contribution in [0.15, 0.2) is 71.8 Å². The molecular formula is C23H21ClN2O4. The molecule has 0 aliphatic carbocycles. The first-order chi connectivity index (χ1) is 14.6. The van der Waals surface area contributed by atoms with Crippen LogP contribution < -0.4 is 19.6 Å². The summed E-state index contributed by atoms with van der Waals surface area (Å²) in [6, 6.07) is 19.6. The monoisotopic (exact) mass is 424 g/mol. The van der Waals surface area contributed by atoms with E-state index in [4.69, 9.17) is 25.8 Å². The van der Waals surface area contributed by atoms with Crippen LogP contribution in [0, 0.1) is 0 Å². The van der Waals surface area contributed by atoms with Crippen LogP contribution in [0.4, 0.5) is 0 Å². The molecule has 0 saturated heterocycles. The van der Waals surface area contributed by atoms with Gasteiger partial charge >= 0.3 is 0 Å². The zero-order valence-corrected chi connectivity index (χ0v) is 17.3. The Morgan fingerprint density at radius 3 is 2.37 bits per heavy atom. The highest BCUT2D eigenvalue weighted by Gasteiger charge is 2.07. The lowest BCUT2D eigenvalue weighted by Gasteiger charge is -2.11. The van der Waals surface area contributed by atoms with E-state index in [1.807, 2.05) is 30.3 Å². The Hall–Kier alpha value is -3.51. The molecule has 0 unspecified atom stereocenters. The van der Waals surface area contributed by atoms with Crippen LogP contribution in [0.5, 0.6) is 17.2 Å². The van der Waals surface area contributed by atoms with Crippen molar-refractivity contribution in [2.24, 2.45) is 5.10 Å². The molecule has 0 saturated carbocycles. The number of rotatable bonds is 8. The fraction of sp³-hybridized carbons (Fsp3) is 0.130. The largest absolute Gasteiger partial charge is 0.497 e. The molecule has 0 fully saturated rings. The number of hydrogen-bond acceptors (Lipinski definition) is 5. The summed E-state index contributed by atoms with van der Waals surface area (Å²) in [5.74, 6) is 1.53. The molecule has 0 spiro atoms. The number of carbonyl (C=O) groups excluding carboxylic acids is 1. The van der Waals surface area contributed by atoms with Gasteiger partial charge in [-0.2, -0.15) is 5.10 Å². The number of ether oxygens (including phenoxy) is 3.